The van der Waals surface area contributed by atoms with Crippen LogP contribution in [0.15, 0.2) is 29.0 Å². The van der Waals surface area contributed by atoms with Crippen LogP contribution in [0.25, 0.3) is 11.0 Å². The molecule has 2 rings (SSSR count). The Morgan fingerprint density at radius 1 is 1.41 bits per heavy atom. The predicted molar refractivity (Wildman–Crippen MR) is 78.9 cm³/mol. The van der Waals surface area contributed by atoms with Crippen LogP contribution in [0.4, 0.5) is 5.69 Å². The molecule has 0 saturated carbocycles. The minimum Gasteiger partial charge on any atom is -0.372 e. The fourth-order valence-electron chi connectivity index (χ4n) is 1.65. The monoisotopic (exact) mass is 311 g/mol. The lowest BCUT2D eigenvalue weighted by Crippen LogP contribution is -2.20. The van der Waals surface area contributed by atoms with Gasteiger partial charge in [-0.2, -0.15) is 11.8 Å². The standard InChI is InChI=1S/C12H14BrN3S/c1-16(5-6-17-2)11-3-4-14-10-7-9(13)8-15-12(10)11/h3-4,7-8H,5-6H2,1-2H3. The van der Waals surface area contributed by atoms with Crippen LogP contribution in [0.5, 0.6) is 0 Å². The Balaban J connectivity index is 2.40. The first kappa shape index (κ1) is 12.6. The highest BCUT2D eigenvalue weighted by Crippen LogP contribution is 2.24. The summed E-state index contributed by atoms with van der Waals surface area (Å²) in [6.07, 6.45) is 5.77. The number of pyridine rings is 2. The molecule has 0 atom stereocenters. The van der Waals surface area contributed by atoms with Gasteiger partial charge in [0.15, 0.2) is 0 Å². The van der Waals surface area contributed by atoms with E-state index in [0.717, 1.165) is 33.5 Å². The summed E-state index contributed by atoms with van der Waals surface area (Å²) in [5.41, 5.74) is 3.02. The van der Waals surface area contributed by atoms with Gasteiger partial charge in [-0.05, 0) is 34.3 Å². The maximum absolute atomic E-state index is 4.45. The van der Waals surface area contributed by atoms with Crippen LogP contribution in [0, 0.1) is 0 Å². The van der Waals surface area contributed by atoms with Crippen molar-refractivity contribution in [2.45, 2.75) is 0 Å². The molecule has 0 amide bonds. The van der Waals surface area contributed by atoms with E-state index in [9.17, 15) is 0 Å². The van der Waals surface area contributed by atoms with Gasteiger partial charge < -0.3 is 4.90 Å². The van der Waals surface area contributed by atoms with Crippen molar-refractivity contribution in [3.05, 3.63) is 29.0 Å². The Labute approximate surface area is 114 Å². The number of anilines is 1. The molecule has 5 heteroatoms. The lowest BCUT2D eigenvalue weighted by Gasteiger charge is -2.19. The van der Waals surface area contributed by atoms with E-state index in [-0.39, 0.29) is 0 Å². The van der Waals surface area contributed by atoms with Gasteiger partial charge in [0.2, 0.25) is 0 Å². The highest BCUT2D eigenvalue weighted by molar-refractivity contribution is 9.10. The van der Waals surface area contributed by atoms with Crippen molar-refractivity contribution in [2.24, 2.45) is 0 Å². The van der Waals surface area contributed by atoms with E-state index in [0.29, 0.717) is 0 Å². The molecule has 0 spiro atoms. The highest BCUT2D eigenvalue weighted by Gasteiger charge is 2.07. The van der Waals surface area contributed by atoms with Crippen molar-refractivity contribution >= 4 is 44.4 Å². The van der Waals surface area contributed by atoms with Crippen molar-refractivity contribution in [2.75, 3.05) is 30.5 Å². The number of fused-ring (bicyclic) bond motifs is 1. The minimum absolute atomic E-state index is 0.924. The second-order valence-corrected chi connectivity index (χ2v) is 5.67. The van der Waals surface area contributed by atoms with E-state index < -0.39 is 0 Å². The first-order valence-electron chi connectivity index (χ1n) is 5.32. The molecular weight excluding hydrogens is 298 g/mol. The Morgan fingerprint density at radius 2 is 2.24 bits per heavy atom. The van der Waals surface area contributed by atoms with Crippen LogP contribution in [0.3, 0.4) is 0 Å². The molecule has 90 valence electrons. The highest BCUT2D eigenvalue weighted by atomic mass is 79.9. The van der Waals surface area contributed by atoms with Crippen LogP contribution >= 0.6 is 27.7 Å². The van der Waals surface area contributed by atoms with E-state index in [1.165, 1.54) is 0 Å². The zero-order chi connectivity index (χ0) is 12.3. The number of rotatable bonds is 4. The lowest BCUT2D eigenvalue weighted by molar-refractivity contribution is 0.979. The van der Waals surface area contributed by atoms with Gasteiger partial charge in [-0.15, -0.1) is 0 Å². The third kappa shape index (κ3) is 2.90. The molecule has 2 heterocycles. The molecule has 2 aromatic heterocycles. The largest absolute Gasteiger partial charge is 0.372 e. The van der Waals surface area contributed by atoms with Crippen LogP contribution in [-0.2, 0) is 0 Å². The summed E-state index contributed by atoms with van der Waals surface area (Å²) in [4.78, 5) is 11.0. The minimum atomic E-state index is 0.924. The molecule has 2 aromatic rings. The zero-order valence-corrected chi connectivity index (χ0v) is 12.3. The SMILES string of the molecule is CSCCN(C)c1ccnc2cc(Br)cnc12. The number of thioether (sulfide) groups is 1. The summed E-state index contributed by atoms with van der Waals surface area (Å²) in [5.74, 6) is 1.11. The normalized spacial score (nSPS) is 10.8. The maximum atomic E-state index is 4.45. The molecule has 0 bridgehead atoms. The number of nitrogens with zero attached hydrogens (tertiary/aromatic N) is 3. The second kappa shape index (κ2) is 5.69. The quantitative estimate of drug-likeness (QED) is 0.867. The summed E-state index contributed by atoms with van der Waals surface area (Å²) >= 11 is 5.26. The predicted octanol–water partition coefficient (Wildman–Crippen LogP) is 3.19. The van der Waals surface area contributed by atoms with Crippen molar-refractivity contribution in [3.63, 3.8) is 0 Å². The smallest absolute Gasteiger partial charge is 0.112 e. The van der Waals surface area contributed by atoms with Gasteiger partial charge in [0.25, 0.3) is 0 Å². The van der Waals surface area contributed by atoms with Gasteiger partial charge in [0.05, 0.1) is 11.2 Å². The van der Waals surface area contributed by atoms with Gasteiger partial charge in [0.1, 0.15) is 5.52 Å². The average Bonchev–Trinajstić information content (AvgIpc) is 2.34. The Bertz CT molecular complexity index is 518. The molecule has 0 aliphatic heterocycles. The Kier molecular flexibility index (Phi) is 4.23. The van der Waals surface area contributed by atoms with Crippen LogP contribution < -0.4 is 4.90 Å². The first-order valence-corrected chi connectivity index (χ1v) is 7.51. The van der Waals surface area contributed by atoms with Gasteiger partial charge in [-0.3, -0.25) is 9.97 Å². The second-order valence-electron chi connectivity index (χ2n) is 3.77. The van der Waals surface area contributed by atoms with Crippen LogP contribution in [-0.4, -0.2) is 35.6 Å². The fraction of sp³-hybridized carbons (Fsp3) is 0.333. The number of halogens is 1. The van der Waals surface area contributed by atoms with Crippen LogP contribution in [0.2, 0.25) is 0 Å². The summed E-state index contributed by atoms with van der Waals surface area (Å²) in [7, 11) is 2.09. The van der Waals surface area contributed by atoms with Crippen LogP contribution in [0.1, 0.15) is 0 Å². The first-order chi connectivity index (χ1) is 8.22. The molecule has 0 fully saturated rings. The molecule has 0 aromatic carbocycles. The van der Waals surface area contributed by atoms with Gasteiger partial charge in [-0.25, -0.2) is 0 Å². The number of hydrogen-bond acceptors (Lipinski definition) is 4. The summed E-state index contributed by atoms with van der Waals surface area (Å²) in [6, 6.07) is 4.01. The molecule has 0 radical (unpaired) electrons. The van der Waals surface area contributed by atoms with Crippen molar-refractivity contribution < 1.29 is 0 Å². The van der Waals surface area contributed by atoms with Gasteiger partial charge >= 0.3 is 0 Å². The van der Waals surface area contributed by atoms with E-state index in [2.05, 4.69) is 44.1 Å². The molecule has 0 aliphatic carbocycles. The molecule has 3 nitrogen and oxygen atoms in total. The third-order valence-electron chi connectivity index (χ3n) is 2.56. The number of aromatic nitrogens is 2. The molecule has 0 aliphatic rings. The van der Waals surface area contributed by atoms with E-state index in [4.69, 9.17) is 0 Å². The molecular formula is C12H14BrN3S. The molecule has 0 unspecified atom stereocenters. The van der Waals surface area contributed by atoms with Crippen molar-refractivity contribution in [1.29, 1.82) is 0 Å². The zero-order valence-electron chi connectivity index (χ0n) is 9.85. The van der Waals surface area contributed by atoms with E-state index in [1.807, 2.05) is 36.3 Å². The Morgan fingerprint density at radius 3 is 3.00 bits per heavy atom. The van der Waals surface area contributed by atoms with Gasteiger partial charge in [0, 0.05) is 36.2 Å². The fourth-order valence-corrected chi connectivity index (χ4v) is 2.42. The van der Waals surface area contributed by atoms with E-state index >= 15 is 0 Å². The van der Waals surface area contributed by atoms with Crippen molar-refractivity contribution in [1.82, 2.24) is 9.97 Å². The van der Waals surface area contributed by atoms with Gasteiger partial charge in [-0.1, -0.05) is 0 Å². The molecule has 0 saturated heterocycles. The third-order valence-corrected chi connectivity index (χ3v) is 3.59. The topological polar surface area (TPSA) is 29.0 Å². The Hall–Kier alpha value is -0.810. The lowest BCUT2D eigenvalue weighted by atomic mass is 10.2. The maximum Gasteiger partial charge on any atom is 0.112 e. The number of hydrogen-bond donors (Lipinski definition) is 0. The molecule has 0 N–H and O–H groups in total. The molecule has 17 heavy (non-hydrogen) atoms. The summed E-state index contributed by atoms with van der Waals surface area (Å²) < 4.78 is 0.960. The van der Waals surface area contributed by atoms with E-state index in [1.54, 1.807) is 0 Å². The van der Waals surface area contributed by atoms with Crippen molar-refractivity contribution in [3.8, 4) is 0 Å². The average molecular weight is 312 g/mol. The summed E-state index contributed by atoms with van der Waals surface area (Å²) in [6.45, 7) is 1.01. The summed E-state index contributed by atoms with van der Waals surface area (Å²) in [5, 5.41) is 0.